The number of benzene rings is 1. The third-order valence-electron chi connectivity index (χ3n) is 2.15. The minimum absolute atomic E-state index is 0.0104. The van der Waals surface area contributed by atoms with Gasteiger partial charge in [0.15, 0.2) is 0 Å². The Morgan fingerprint density at radius 1 is 1.40 bits per heavy atom. The first kappa shape index (κ1) is 12.5. The molecule has 84 valence electrons. The van der Waals surface area contributed by atoms with E-state index in [-0.39, 0.29) is 6.61 Å². The van der Waals surface area contributed by atoms with Gasteiger partial charge in [0, 0.05) is 10.0 Å². The van der Waals surface area contributed by atoms with Gasteiger partial charge in [-0.1, -0.05) is 29.8 Å². The molecule has 0 atom stereocenters. The van der Waals surface area contributed by atoms with Gasteiger partial charge in [-0.15, -0.1) is 0 Å². The van der Waals surface area contributed by atoms with Gasteiger partial charge in [-0.2, -0.15) is 0 Å². The summed E-state index contributed by atoms with van der Waals surface area (Å²) in [6.07, 6.45) is 1.03. The van der Waals surface area contributed by atoms with E-state index >= 15 is 0 Å². The minimum atomic E-state index is 0.0104. The Kier molecular flexibility index (Phi) is 5.12. The number of hydrogen-bond donors (Lipinski definition) is 1. The van der Waals surface area contributed by atoms with Gasteiger partial charge in [0.1, 0.15) is 5.75 Å². The number of aliphatic hydroxyl groups excluding tert-OH is 1. The van der Waals surface area contributed by atoms with E-state index in [4.69, 9.17) is 9.84 Å². The predicted molar refractivity (Wildman–Crippen MR) is 65.0 cm³/mol. The van der Waals surface area contributed by atoms with E-state index in [9.17, 15) is 0 Å². The summed E-state index contributed by atoms with van der Waals surface area (Å²) in [4.78, 5) is 0. The summed E-state index contributed by atoms with van der Waals surface area (Å²) < 4.78 is 6.57. The Hall–Kier alpha value is -0.540. The molecule has 0 fully saturated rings. The van der Waals surface area contributed by atoms with Crippen LogP contribution in [0.3, 0.4) is 0 Å². The van der Waals surface area contributed by atoms with Crippen molar-refractivity contribution in [3.63, 3.8) is 0 Å². The maximum Gasteiger partial charge on any atom is 0.124 e. The van der Waals surface area contributed by atoms with E-state index in [0.29, 0.717) is 12.5 Å². The summed E-state index contributed by atoms with van der Waals surface area (Å²) >= 11 is 3.36. The van der Waals surface area contributed by atoms with Crippen LogP contribution >= 0.6 is 15.9 Å². The van der Waals surface area contributed by atoms with Crippen LogP contribution in [0.15, 0.2) is 22.7 Å². The molecule has 0 spiro atoms. The Bertz CT molecular complexity index is 310. The SMILES string of the molecule is CC(C)CCOc1ccc(Br)cc1CO. The molecule has 3 heteroatoms. The fourth-order valence-corrected chi connectivity index (χ4v) is 1.63. The Balaban J connectivity index is 2.60. The zero-order valence-corrected chi connectivity index (χ0v) is 10.8. The quantitative estimate of drug-likeness (QED) is 0.891. The number of ether oxygens (including phenoxy) is 1. The third kappa shape index (κ3) is 4.22. The van der Waals surface area contributed by atoms with Gasteiger partial charge in [-0.3, -0.25) is 0 Å². The van der Waals surface area contributed by atoms with Gasteiger partial charge in [0.25, 0.3) is 0 Å². The van der Waals surface area contributed by atoms with E-state index < -0.39 is 0 Å². The summed E-state index contributed by atoms with van der Waals surface area (Å²) in [5.74, 6) is 1.42. The van der Waals surface area contributed by atoms with E-state index in [0.717, 1.165) is 22.2 Å². The predicted octanol–water partition coefficient (Wildman–Crippen LogP) is 3.37. The Morgan fingerprint density at radius 2 is 2.13 bits per heavy atom. The topological polar surface area (TPSA) is 29.5 Å². The number of aliphatic hydroxyl groups is 1. The van der Waals surface area contributed by atoms with Crippen molar-refractivity contribution in [2.45, 2.75) is 26.9 Å². The minimum Gasteiger partial charge on any atom is -0.493 e. The summed E-state index contributed by atoms with van der Waals surface area (Å²) in [5.41, 5.74) is 0.827. The number of hydrogen-bond acceptors (Lipinski definition) is 2. The van der Waals surface area contributed by atoms with Crippen molar-refractivity contribution >= 4 is 15.9 Å². The second-order valence-corrected chi connectivity index (χ2v) is 4.86. The average Bonchev–Trinajstić information content (AvgIpc) is 2.19. The Morgan fingerprint density at radius 3 is 2.73 bits per heavy atom. The lowest BCUT2D eigenvalue weighted by Gasteiger charge is -2.11. The van der Waals surface area contributed by atoms with Crippen LogP contribution < -0.4 is 4.74 Å². The molecule has 0 radical (unpaired) electrons. The molecule has 0 heterocycles. The highest BCUT2D eigenvalue weighted by molar-refractivity contribution is 9.10. The lowest BCUT2D eigenvalue weighted by molar-refractivity contribution is 0.255. The van der Waals surface area contributed by atoms with Crippen LogP contribution in [0.4, 0.5) is 0 Å². The van der Waals surface area contributed by atoms with Crippen LogP contribution in [0.5, 0.6) is 5.75 Å². The number of rotatable bonds is 5. The van der Waals surface area contributed by atoms with Crippen LogP contribution in [0, 0.1) is 5.92 Å². The molecule has 1 aromatic carbocycles. The molecule has 1 N–H and O–H groups in total. The standard InChI is InChI=1S/C12H17BrO2/c1-9(2)5-6-15-12-4-3-11(13)7-10(12)8-14/h3-4,7,9,14H,5-6,8H2,1-2H3. The van der Waals surface area contributed by atoms with Gasteiger partial charge >= 0.3 is 0 Å². The van der Waals surface area contributed by atoms with Gasteiger partial charge in [-0.05, 0) is 30.5 Å². The van der Waals surface area contributed by atoms with Crippen molar-refractivity contribution in [1.82, 2.24) is 0 Å². The van der Waals surface area contributed by atoms with Gasteiger partial charge in [0.2, 0.25) is 0 Å². The van der Waals surface area contributed by atoms with Crippen LogP contribution in [-0.2, 0) is 6.61 Å². The van der Waals surface area contributed by atoms with Crippen LogP contribution in [0.2, 0.25) is 0 Å². The molecule has 1 aromatic rings. The molecule has 15 heavy (non-hydrogen) atoms. The fourth-order valence-electron chi connectivity index (χ4n) is 1.22. The summed E-state index contributed by atoms with van der Waals surface area (Å²) in [6.45, 7) is 5.04. The molecule has 2 nitrogen and oxygen atoms in total. The van der Waals surface area contributed by atoms with E-state index in [2.05, 4.69) is 29.8 Å². The summed E-state index contributed by atoms with van der Waals surface area (Å²) in [6, 6.07) is 5.69. The molecule has 0 saturated heterocycles. The lowest BCUT2D eigenvalue weighted by atomic mass is 10.1. The Labute approximate surface area is 99.4 Å². The molecule has 0 aliphatic heterocycles. The highest BCUT2D eigenvalue weighted by Gasteiger charge is 2.03. The van der Waals surface area contributed by atoms with Crippen molar-refractivity contribution in [2.24, 2.45) is 5.92 Å². The van der Waals surface area contributed by atoms with Crippen molar-refractivity contribution in [2.75, 3.05) is 6.61 Å². The maximum atomic E-state index is 9.15. The first-order valence-corrected chi connectivity index (χ1v) is 5.95. The van der Waals surface area contributed by atoms with Gasteiger partial charge < -0.3 is 9.84 Å². The molecule has 0 aromatic heterocycles. The highest BCUT2D eigenvalue weighted by atomic mass is 79.9. The molecular formula is C12H17BrO2. The number of halogens is 1. The van der Waals surface area contributed by atoms with Crippen molar-refractivity contribution < 1.29 is 9.84 Å². The van der Waals surface area contributed by atoms with E-state index in [1.807, 2.05) is 18.2 Å². The third-order valence-corrected chi connectivity index (χ3v) is 2.64. The molecule has 1 rings (SSSR count). The molecule has 0 aliphatic rings. The zero-order chi connectivity index (χ0) is 11.3. The first-order chi connectivity index (χ1) is 7.13. The van der Waals surface area contributed by atoms with Crippen LogP contribution in [0.1, 0.15) is 25.8 Å². The van der Waals surface area contributed by atoms with E-state index in [1.54, 1.807) is 0 Å². The summed E-state index contributed by atoms with van der Waals surface area (Å²) in [7, 11) is 0. The second kappa shape index (κ2) is 6.13. The monoisotopic (exact) mass is 272 g/mol. The smallest absolute Gasteiger partial charge is 0.124 e. The van der Waals surface area contributed by atoms with Crippen molar-refractivity contribution in [1.29, 1.82) is 0 Å². The highest BCUT2D eigenvalue weighted by Crippen LogP contribution is 2.23. The van der Waals surface area contributed by atoms with Gasteiger partial charge in [-0.25, -0.2) is 0 Å². The molecule has 0 bridgehead atoms. The second-order valence-electron chi connectivity index (χ2n) is 3.94. The molecule has 0 unspecified atom stereocenters. The zero-order valence-electron chi connectivity index (χ0n) is 9.16. The first-order valence-electron chi connectivity index (χ1n) is 5.15. The van der Waals surface area contributed by atoms with E-state index in [1.165, 1.54) is 0 Å². The van der Waals surface area contributed by atoms with Crippen LogP contribution in [0.25, 0.3) is 0 Å². The fraction of sp³-hybridized carbons (Fsp3) is 0.500. The lowest BCUT2D eigenvalue weighted by Crippen LogP contribution is -2.03. The van der Waals surface area contributed by atoms with Crippen molar-refractivity contribution in [3.05, 3.63) is 28.2 Å². The van der Waals surface area contributed by atoms with Crippen LogP contribution in [-0.4, -0.2) is 11.7 Å². The summed E-state index contributed by atoms with van der Waals surface area (Å²) in [5, 5.41) is 9.15. The normalized spacial score (nSPS) is 10.7. The largest absolute Gasteiger partial charge is 0.493 e. The van der Waals surface area contributed by atoms with Gasteiger partial charge in [0.05, 0.1) is 13.2 Å². The maximum absolute atomic E-state index is 9.15. The van der Waals surface area contributed by atoms with Crippen molar-refractivity contribution in [3.8, 4) is 5.75 Å². The molecule has 0 aliphatic carbocycles. The average molecular weight is 273 g/mol. The molecule has 0 saturated carbocycles. The molecular weight excluding hydrogens is 256 g/mol. The molecule has 0 amide bonds.